The van der Waals surface area contributed by atoms with Crippen LogP contribution in [-0.4, -0.2) is 48.9 Å². The number of piperazine rings is 1. The van der Waals surface area contributed by atoms with E-state index in [1.54, 1.807) is 22.8 Å². The average molecular weight is 565 g/mol. The molecule has 1 saturated carbocycles. The Balaban J connectivity index is 1.60. The first-order chi connectivity index (χ1) is 18.1. The summed E-state index contributed by atoms with van der Waals surface area (Å²) in [5.74, 6) is -1.17. The molecular formula is C27H28Cl2F2N4O3. The van der Waals surface area contributed by atoms with Crippen molar-refractivity contribution >= 4 is 45.7 Å². The van der Waals surface area contributed by atoms with Crippen molar-refractivity contribution in [2.45, 2.75) is 51.1 Å². The van der Waals surface area contributed by atoms with Crippen molar-refractivity contribution in [1.82, 2.24) is 15.2 Å². The number of carbonyl (C=O) groups excluding carboxylic acids is 1. The van der Waals surface area contributed by atoms with Gasteiger partial charge in [-0.1, -0.05) is 29.3 Å². The topological polar surface area (TPSA) is 75.6 Å². The molecule has 1 unspecified atom stereocenters. The molecule has 11 heteroatoms. The molecule has 2 N–H and O–H groups in total. The number of rotatable bonds is 6. The van der Waals surface area contributed by atoms with E-state index in [-0.39, 0.29) is 53.0 Å². The molecule has 1 aliphatic carbocycles. The predicted molar refractivity (Wildman–Crippen MR) is 145 cm³/mol. The van der Waals surface area contributed by atoms with Crippen LogP contribution in [0.15, 0.2) is 35.3 Å². The molecule has 2 heterocycles. The average Bonchev–Trinajstić information content (AvgIpc) is 3.58. The molecule has 3 aromatic rings. The van der Waals surface area contributed by atoms with E-state index in [1.165, 1.54) is 13.3 Å². The Morgan fingerprint density at radius 3 is 2.50 bits per heavy atom. The highest BCUT2D eigenvalue weighted by atomic mass is 35.5. The highest BCUT2D eigenvalue weighted by molar-refractivity contribution is 6.35. The quantitative estimate of drug-likeness (QED) is 0.447. The van der Waals surface area contributed by atoms with Gasteiger partial charge in [-0.05, 0) is 37.6 Å². The standard InChI is InChI=1S/C27H28Cl2F2N4O3/c1-13-10-34(11-14(2)33-13)24-21(31)7-17-23(26(24)38-3)35(22-8-20(22)30)12-18(25(17)36)27(37)32-9-15-4-5-16(28)6-19(15)29/h4-7,12-14,20,22,33H,8-11H2,1-3H3,(H,32,37)/t13-,14+,20-,22?/m1/s1. The number of ether oxygens (including phenoxy) is 1. The van der Waals surface area contributed by atoms with E-state index in [9.17, 15) is 14.0 Å². The molecule has 1 saturated heterocycles. The van der Waals surface area contributed by atoms with E-state index in [1.807, 2.05) is 18.7 Å². The van der Waals surface area contributed by atoms with Crippen molar-refractivity contribution < 1.29 is 18.3 Å². The minimum atomic E-state index is -1.15. The van der Waals surface area contributed by atoms with Crippen molar-refractivity contribution in [3.05, 3.63) is 67.7 Å². The molecule has 2 aliphatic rings. The number of amides is 1. The van der Waals surface area contributed by atoms with Crippen molar-refractivity contribution in [2.75, 3.05) is 25.1 Å². The number of alkyl halides is 1. The maximum atomic E-state index is 15.7. The van der Waals surface area contributed by atoms with Crippen LogP contribution in [0.1, 0.15) is 42.2 Å². The third-order valence-electron chi connectivity index (χ3n) is 7.01. The molecule has 0 spiro atoms. The zero-order valence-corrected chi connectivity index (χ0v) is 22.7. The number of methoxy groups -OCH3 is 1. The number of aromatic nitrogens is 1. The number of anilines is 1. The van der Waals surface area contributed by atoms with Gasteiger partial charge in [0.25, 0.3) is 5.91 Å². The summed E-state index contributed by atoms with van der Waals surface area (Å²) in [4.78, 5) is 28.5. The van der Waals surface area contributed by atoms with Crippen LogP contribution in [0.4, 0.5) is 14.5 Å². The molecule has 0 radical (unpaired) electrons. The van der Waals surface area contributed by atoms with E-state index in [0.29, 0.717) is 28.7 Å². The summed E-state index contributed by atoms with van der Waals surface area (Å²) in [5.41, 5.74) is 0.209. The van der Waals surface area contributed by atoms with Crippen LogP contribution in [-0.2, 0) is 6.54 Å². The first kappa shape index (κ1) is 26.7. The molecule has 1 aliphatic heterocycles. The van der Waals surface area contributed by atoms with E-state index in [0.717, 1.165) is 6.07 Å². The Labute approximate surface area is 228 Å². The summed E-state index contributed by atoms with van der Waals surface area (Å²) in [6, 6.07) is 5.59. The fourth-order valence-corrected chi connectivity index (χ4v) is 5.71. The molecule has 1 amide bonds. The number of fused-ring (bicyclic) bond motifs is 1. The molecule has 2 aromatic carbocycles. The predicted octanol–water partition coefficient (Wildman–Crippen LogP) is 4.86. The van der Waals surface area contributed by atoms with Gasteiger partial charge in [-0.25, -0.2) is 8.78 Å². The van der Waals surface area contributed by atoms with Crippen molar-refractivity contribution in [2.24, 2.45) is 0 Å². The summed E-state index contributed by atoms with van der Waals surface area (Å²) in [6.07, 6.45) is 0.416. The van der Waals surface area contributed by atoms with Gasteiger partial charge in [-0.3, -0.25) is 9.59 Å². The molecule has 202 valence electrons. The molecule has 5 rings (SSSR count). The second-order valence-corrected chi connectivity index (χ2v) is 10.9. The smallest absolute Gasteiger partial charge is 0.257 e. The van der Waals surface area contributed by atoms with Gasteiger partial charge in [0, 0.05) is 54.4 Å². The van der Waals surface area contributed by atoms with E-state index in [4.69, 9.17) is 27.9 Å². The van der Waals surface area contributed by atoms with Gasteiger partial charge in [0.15, 0.2) is 11.6 Å². The highest BCUT2D eigenvalue weighted by Crippen LogP contribution is 2.45. The second kappa shape index (κ2) is 10.4. The number of nitrogens with one attached hydrogen (secondary N) is 2. The van der Waals surface area contributed by atoms with Crippen molar-refractivity contribution in [3.63, 3.8) is 0 Å². The number of benzene rings is 2. The van der Waals surface area contributed by atoms with Gasteiger partial charge in [0.1, 0.15) is 17.4 Å². The summed E-state index contributed by atoms with van der Waals surface area (Å²) < 4.78 is 37.3. The minimum Gasteiger partial charge on any atom is -0.492 e. The third-order valence-corrected chi connectivity index (χ3v) is 7.60. The SMILES string of the molecule is COc1c(N2C[C@@H](C)N[C@@H](C)C2)c(F)cc2c(=O)c(C(=O)NCc3ccc(Cl)cc3Cl)cn(C3C[C@H]3F)c12. The molecule has 1 aromatic heterocycles. The minimum absolute atomic E-state index is 0.0391. The van der Waals surface area contributed by atoms with E-state index < -0.39 is 29.4 Å². The Morgan fingerprint density at radius 1 is 1.21 bits per heavy atom. The first-order valence-electron chi connectivity index (χ1n) is 12.4. The van der Waals surface area contributed by atoms with Crippen LogP contribution < -0.4 is 25.7 Å². The molecule has 2 fully saturated rings. The Hall–Kier alpha value is -2.88. The summed E-state index contributed by atoms with van der Waals surface area (Å²) in [7, 11) is 1.40. The van der Waals surface area contributed by atoms with Gasteiger partial charge in [-0.15, -0.1) is 0 Å². The lowest BCUT2D eigenvalue weighted by atomic mass is 10.1. The van der Waals surface area contributed by atoms with Crippen LogP contribution in [0.2, 0.25) is 10.0 Å². The number of hydrogen-bond acceptors (Lipinski definition) is 5. The maximum absolute atomic E-state index is 15.7. The zero-order chi connectivity index (χ0) is 27.3. The fraction of sp³-hybridized carbons (Fsp3) is 0.407. The highest BCUT2D eigenvalue weighted by Gasteiger charge is 2.41. The number of halogens is 4. The van der Waals surface area contributed by atoms with Crippen LogP contribution in [0.25, 0.3) is 10.9 Å². The van der Waals surface area contributed by atoms with Crippen molar-refractivity contribution in [3.8, 4) is 5.75 Å². The van der Waals surface area contributed by atoms with Gasteiger partial charge in [0.2, 0.25) is 5.43 Å². The van der Waals surface area contributed by atoms with Crippen LogP contribution >= 0.6 is 23.2 Å². The lowest BCUT2D eigenvalue weighted by Crippen LogP contribution is -2.54. The summed E-state index contributed by atoms with van der Waals surface area (Å²) in [5, 5.41) is 6.86. The lowest BCUT2D eigenvalue weighted by molar-refractivity contribution is 0.0949. The third kappa shape index (κ3) is 4.95. The number of hydrogen-bond donors (Lipinski definition) is 2. The van der Waals surface area contributed by atoms with Crippen LogP contribution in [0.5, 0.6) is 5.75 Å². The van der Waals surface area contributed by atoms with E-state index in [2.05, 4.69) is 10.6 Å². The molecule has 0 bridgehead atoms. The monoisotopic (exact) mass is 564 g/mol. The number of carbonyl (C=O) groups is 1. The maximum Gasteiger partial charge on any atom is 0.257 e. The van der Waals surface area contributed by atoms with Gasteiger partial charge < -0.3 is 24.8 Å². The normalized spacial score (nSPS) is 23.0. The van der Waals surface area contributed by atoms with E-state index >= 15 is 4.39 Å². The molecular weight excluding hydrogens is 537 g/mol. The second-order valence-electron chi connectivity index (χ2n) is 10.0. The Kier molecular flexibility index (Phi) is 7.28. The van der Waals surface area contributed by atoms with Gasteiger partial charge in [0.05, 0.1) is 24.1 Å². The van der Waals surface area contributed by atoms with Crippen LogP contribution in [0.3, 0.4) is 0 Å². The Morgan fingerprint density at radius 2 is 1.89 bits per heavy atom. The fourth-order valence-electron chi connectivity index (χ4n) is 5.24. The van der Waals surface area contributed by atoms with Gasteiger partial charge >= 0.3 is 0 Å². The summed E-state index contributed by atoms with van der Waals surface area (Å²) in [6.45, 7) is 5.10. The van der Waals surface area contributed by atoms with Crippen molar-refractivity contribution in [1.29, 1.82) is 0 Å². The Bertz CT molecular complexity index is 1470. The number of nitrogens with zero attached hydrogens (tertiary/aromatic N) is 2. The largest absolute Gasteiger partial charge is 0.492 e. The molecule has 4 atom stereocenters. The molecule has 7 nitrogen and oxygen atoms in total. The summed E-state index contributed by atoms with van der Waals surface area (Å²) >= 11 is 12.1. The first-order valence-corrected chi connectivity index (χ1v) is 13.2. The number of pyridine rings is 1. The lowest BCUT2D eigenvalue weighted by Gasteiger charge is -2.38. The van der Waals surface area contributed by atoms with Crippen LogP contribution in [0, 0.1) is 5.82 Å². The molecule has 38 heavy (non-hydrogen) atoms. The van der Waals surface area contributed by atoms with Gasteiger partial charge in [-0.2, -0.15) is 0 Å². The zero-order valence-electron chi connectivity index (χ0n) is 21.2.